The first kappa shape index (κ1) is 13.8. The summed E-state index contributed by atoms with van der Waals surface area (Å²) >= 11 is 0. The molecule has 0 radical (unpaired) electrons. The molecule has 4 nitrogen and oxygen atoms in total. The fourth-order valence-electron chi connectivity index (χ4n) is 3.26. The molecule has 18 heavy (non-hydrogen) atoms. The summed E-state index contributed by atoms with van der Waals surface area (Å²) in [6.45, 7) is 2.44. The molecule has 0 unspecified atom stereocenters. The molecule has 1 aliphatic carbocycles. The summed E-state index contributed by atoms with van der Waals surface area (Å²) in [5.41, 5.74) is 5.23. The van der Waals surface area contributed by atoms with Crippen LogP contribution in [0.15, 0.2) is 0 Å². The van der Waals surface area contributed by atoms with Gasteiger partial charge < -0.3 is 11.1 Å². The minimum atomic E-state index is -0.204. The van der Waals surface area contributed by atoms with Crippen molar-refractivity contribution >= 4 is 5.91 Å². The van der Waals surface area contributed by atoms with E-state index in [2.05, 4.69) is 10.2 Å². The third-order valence-corrected chi connectivity index (χ3v) is 4.29. The fourth-order valence-corrected chi connectivity index (χ4v) is 3.26. The number of piperidine rings is 1. The molecule has 1 saturated carbocycles. The van der Waals surface area contributed by atoms with Gasteiger partial charge in [-0.25, -0.2) is 0 Å². The lowest BCUT2D eigenvalue weighted by molar-refractivity contribution is -0.119. The van der Waals surface area contributed by atoms with E-state index in [1.807, 2.05) is 0 Å². The zero-order valence-electron chi connectivity index (χ0n) is 11.4. The normalized spacial score (nSPS) is 24.9. The topological polar surface area (TPSA) is 58.4 Å². The summed E-state index contributed by atoms with van der Waals surface area (Å²) in [5, 5.41) is 3.83. The molecule has 104 valence electrons. The summed E-state index contributed by atoms with van der Waals surface area (Å²) in [7, 11) is 0. The second-order valence-electron chi connectivity index (χ2n) is 5.87. The van der Waals surface area contributed by atoms with Crippen molar-refractivity contribution in [1.29, 1.82) is 0 Å². The van der Waals surface area contributed by atoms with Gasteiger partial charge in [0.1, 0.15) is 0 Å². The van der Waals surface area contributed by atoms with Crippen LogP contribution in [-0.4, -0.2) is 42.5 Å². The van der Waals surface area contributed by atoms with Crippen LogP contribution in [0, 0.1) is 0 Å². The first-order valence-electron chi connectivity index (χ1n) is 7.51. The second-order valence-corrected chi connectivity index (χ2v) is 5.87. The Morgan fingerprint density at radius 1 is 1.00 bits per heavy atom. The van der Waals surface area contributed by atoms with Gasteiger partial charge in [-0.1, -0.05) is 25.7 Å². The largest absolute Gasteiger partial charge is 0.369 e. The number of amides is 1. The summed E-state index contributed by atoms with van der Waals surface area (Å²) in [6, 6.07) is 1.39. The molecule has 2 fully saturated rings. The summed E-state index contributed by atoms with van der Waals surface area (Å²) in [4.78, 5) is 13.0. The number of carbonyl (C=O) groups is 1. The molecule has 2 aliphatic rings. The van der Waals surface area contributed by atoms with Crippen LogP contribution in [0.5, 0.6) is 0 Å². The molecule has 2 rings (SSSR count). The van der Waals surface area contributed by atoms with Gasteiger partial charge in [-0.05, 0) is 25.7 Å². The molecule has 0 aromatic rings. The minimum Gasteiger partial charge on any atom is -0.369 e. The van der Waals surface area contributed by atoms with E-state index < -0.39 is 0 Å². The van der Waals surface area contributed by atoms with E-state index in [0.29, 0.717) is 12.6 Å². The Hall–Kier alpha value is -0.610. The van der Waals surface area contributed by atoms with Gasteiger partial charge >= 0.3 is 0 Å². The maximum atomic E-state index is 10.9. The van der Waals surface area contributed by atoms with Crippen molar-refractivity contribution < 1.29 is 4.79 Å². The Kier molecular flexibility index (Phi) is 5.45. The van der Waals surface area contributed by atoms with Gasteiger partial charge in [0.2, 0.25) is 5.91 Å². The van der Waals surface area contributed by atoms with E-state index in [9.17, 15) is 4.79 Å². The summed E-state index contributed by atoms with van der Waals surface area (Å²) < 4.78 is 0. The van der Waals surface area contributed by atoms with Crippen molar-refractivity contribution in [1.82, 2.24) is 10.2 Å². The van der Waals surface area contributed by atoms with Gasteiger partial charge in [-0.15, -0.1) is 0 Å². The molecule has 4 heteroatoms. The summed E-state index contributed by atoms with van der Waals surface area (Å²) in [5.74, 6) is -0.204. The number of nitrogens with zero attached hydrogens (tertiary/aromatic N) is 1. The Balaban J connectivity index is 1.67. The van der Waals surface area contributed by atoms with Crippen LogP contribution in [0.2, 0.25) is 0 Å². The fraction of sp³-hybridized carbons (Fsp3) is 0.929. The highest BCUT2D eigenvalue weighted by Gasteiger charge is 2.22. The molecule has 0 aromatic heterocycles. The molecule has 1 saturated heterocycles. The first-order chi connectivity index (χ1) is 8.74. The van der Waals surface area contributed by atoms with Crippen molar-refractivity contribution in [2.75, 3.05) is 19.6 Å². The molecule has 1 heterocycles. The number of primary amides is 1. The first-order valence-corrected chi connectivity index (χ1v) is 7.51. The quantitative estimate of drug-likeness (QED) is 0.741. The number of carbonyl (C=O) groups excluding carboxylic acids is 1. The molecule has 3 N–H and O–H groups in total. The molecular weight excluding hydrogens is 226 g/mol. The lowest BCUT2D eigenvalue weighted by Gasteiger charge is -2.33. The number of hydrogen-bond acceptors (Lipinski definition) is 3. The van der Waals surface area contributed by atoms with Crippen molar-refractivity contribution in [2.24, 2.45) is 5.73 Å². The van der Waals surface area contributed by atoms with Gasteiger partial charge in [0.25, 0.3) is 0 Å². The standard InChI is InChI=1S/C14H27N3O/c15-14(18)11-17-9-7-13(8-10-17)16-12-5-3-1-2-4-6-12/h12-13,16H,1-11H2,(H2,15,18). The van der Waals surface area contributed by atoms with Crippen LogP contribution < -0.4 is 11.1 Å². The second kappa shape index (κ2) is 7.10. The minimum absolute atomic E-state index is 0.204. The van der Waals surface area contributed by atoms with Crippen LogP contribution in [0.1, 0.15) is 51.4 Å². The van der Waals surface area contributed by atoms with E-state index in [1.54, 1.807) is 0 Å². The molecule has 0 aromatic carbocycles. The van der Waals surface area contributed by atoms with Gasteiger partial charge in [-0.3, -0.25) is 9.69 Å². The Labute approximate surface area is 110 Å². The highest BCUT2D eigenvalue weighted by Crippen LogP contribution is 2.19. The van der Waals surface area contributed by atoms with Crippen molar-refractivity contribution in [3.8, 4) is 0 Å². The number of nitrogens with two attached hydrogens (primary N) is 1. The highest BCUT2D eigenvalue weighted by atomic mass is 16.1. The Morgan fingerprint density at radius 3 is 2.11 bits per heavy atom. The molecule has 0 atom stereocenters. The Bertz CT molecular complexity index is 254. The van der Waals surface area contributed by atoms with Crippen molar-refractivity contribution in [2.45, 2.75) is 63.5 Å². The van der Waals surface area contributed by atoms with Gasteiger partial charge in [0.15, 0.2) is 0 Å². The van der Waals surface area contributed by atoms with Crippen LogP contribution in [0.3, 0.4) is 0 Å². The zero-order valence-corrected chi connectivity index (χ0v) is 11.4. The van der Waals surface area contributed by atoms with E-state index in [4.69, 9.17) is 5.73 Å². The third-order valence-electron chi connectivity index (χ3n) is 4.29. The predicted molar refractivity (Wildman–Crippen MR) is 73.3 cm³/mol. The van der Waals surface area contributed by atoms with E-state index in [-0.39, 0.29) is 5.91 Å². The zero-order chi connectivity index (χ0) is 12.8. The lowest BCUT2D eigenvalue weighted by atomic mass is 10.0. The number of nitrogens with one attached hydrogen (secondary N) is 1. The van der Waals surface area contributed by atoms with Crippen molar-refractivity contribution in [3.05, 3.63) is 0 Å². The van der Waals surface area contributed by atoms with Crippen LogP contribution in [0.25, 0.3) is 0 Å². The lowest BCUT2D eigenvalue weighted by Crippen LogP contribution is -2.47. The number of likely N-dealkylation sites (tertiary alicyclic amines) is 1. The Morgan fingerprint density at radius 2 is 1.56 bits per heavy atom. The van der Waals surface area contributed by atoms with Crippen molar-refractivity contribution in [3.63, 3.8) is 0 Å². The third kappa shape index (κ3) is 4.58. The van der Waals surface area contributed by atoms with Crippen LogP contribution in [0.4, 0.5) is 0 Å². The maximum absolute atomic E-state index is 10.9. The maximum Gasteiger partial charge on any atom is 0.231 e. The average Bonchev–Trinajstić information content (AvgIpc) is 2.60. The van der Waals surface area contributed by atoms with Crippen LogP contribution >= 0.6 is 0 Å². The number of hydrogen-bond donors (Lipinski definition) is 2. The average molecular weight is 253 g/mol. The highest BCUT2D eigenvalue weighted by molar-refractivity contribution is 5.75. The smallest absolute Gasteiger partial charge is 0.231 e. The number of rotatable bonds is 4. The van der Waals surface area contributed by atoms with Gasteiger partial charge in [0.05, 0.1) is 6.54 Å². The SMILES string of the molecule is NC(=O)CN1CCC(NC2CCCCCC2)CC1. The predicted octanol–water partition coefficient (Wildman–Crippen LogP) is 1.25. The van der Waals surface area contributed by atoms with E-state index in [1.165, 1.54) is 38.5 Å². The molecule has 0 bridgehead atoms. The molecular formula is C14H27N3O. The van der Waals surface area contributed by atoms with Gasteiger partial charge in [0, 0.05) is 25.2 Å². The summed E-state index contributed by atoms with van der Waals surface area (Å²) in [6.07, 6.45) is 10.6. The molecule has 0 spiro atoms. The van der Waals surface area contributed by atoms with E-state index >= 15 is 0 Å². The molecule has 1 aliphatic heterocycles. The van der Waals surface area contributed by atoms with Crippen LogP contribution in [-0.2, 0) is 4.79 Å². The van der Waals surface area contributed by atoms with E-state index in [0.717, 1.165) is 32.0 Å². The molecule has 1 amide bonds. The van der Waals surface area contributed by atoms with Gasteiger partial charge in [-0.2, -0.15) is 0 Å². The monoisotopic (exact) mass is 253 g/mol.